The van der Waals surface area contributed by atoms with Crippen molar-refractivity contribution in [3.8, 4) is 0 Å². The van der Waals surface area contributed by atoms with Gasteiger partial charge in [-0.2, -0.15) is 0 Å². The molecule has 2 atom stereocenters. The molecule has 0 aliphatic heterocycles. The molecule has 76 valence electrons. The fourth-order valence-corrected chi connectivity index (χ4v) is 3.10. The van der Waals surface area contributed by atoms with Crippen LogP contribution in [0, 0.1) is 11.3 Å². The Bertz CT molecular complexity index is 243. The molecule has 0 spiro atoms. The minimum atomic E-state index is -1.67. The van der Waals surface area contributed by atoms with E-state index in [1.165, 1.54) is 5.57 Å². The van der Waals surface area contributed by atoms with E-state index >= 15 is 0 Å². The predicted octanol–water partition coefficient (Wildman–Crippen LogP) is 2.59. The first-order chi connectivity index (χ1) is 5.93. The zero-order valence-corrected chi connectivity index (χ0v) is 9.36. The van der Waals surface area contributed by atoms with E-state index in [9.17, 15) is 4.21 Å². The standard InChI is InChI=1S/C10H18O2S/c1-8-5-4-6-10(2,3)9(8)7-13(11)12/h5,9H,4,6-7H2,1-3H3,(H,11,12). The molecule has 1 aliphatic rings. The molecule has 0 fully saturated rings. The van der Waals surface area contributed by atoms with Crippen LogP contribution in [-0.2, 0) is 11.1 Å². The SMILES string of the molecule is CC1=CCCC(C)(C)C1CS(=O)O. The number of rotatable bonds is 2. The zero-order chi connectivity index (χ0) is 10.1. The molecular weight excluding hydrogens is 184 g/mol. The minimum Gasteiger partial charge on any atom is -0.306 e. The fraction of sp³-hybridized carbons (Fsp3) is 0.800. The molecule has 0 saturated heterocycles. The van der Waals surface area contributed by atoms with E-state index < -0.39 is 11.1 Å². The van der Waals surface area contributed by atoms with Crippen molar-refractivity contribution in [1.29, 1.82) is 0 Å². The molecular formula is C10H18O2S. The van der Waals surface area contributed by atoms with Gasteiger partial charge in [0.1, 0.15) is 0 Å². The third-order valence-corrected chi connectivity index (χ3v) is 3.68. The summed E-state index contributed by atoms with van der Waals surface area (Å²) in [6.07, 6.45) is 4.42. The van der Waals surface area contributed by atoms with Gasteiger partial charge in [-0.3, -0.25) is 0 Å². The lowest BCUT2D eigenvalue weighted by Gasteiger charge is -2.37. The van der Waals surface area contributed by atoms with Gasteiger partial charge in [0.05, 0.1) is 5.75 Å². The van der Waals surface area contributed by atoms with Crippen LogP contribution in [0.2, 0.25) is 0 Å². The lowest BCUT2D eigenvalue weighted by molar-refractivity contribution is 0.233. The summed E-state index contributed by atoms with van der Waals surface area (Å²) in [6, 6.07) is 0. The van der Waals surface area contributed by atoms with Gasteiger partial charge in [-0.05, 0) is 31.1 Å². The summed E-state index contributed by atoms with van der Waals surface area (Å²) >= 11 is -1.67. The van der Waals surface area contributed by atoms with Gasteiger partial charge in [0.2, 0.25) is 0 Å². The highest BCUT2D eigenvalue weighted by Gasteiger charge is 2.33. The maximum absolute atomic E-state index is 10.8. The highest BCUT2D eigenvalue weighted by Crippen LogP contribution is 2.40. The fourth-order valence-electron chi connectivity index (χ4n) is 2.10. The first kappa shape index (κ1) is 10.9. The molecule has 0 radical (unpaired) electrons. The molecule has 1 rings (SSSR count). The molecule has 0 aromatic carbocycles. The van der Waals surface area contributed by atoms with Crippen LogP contribution in [0.1, 0.15) is 33.6 Å². The summed E-state index contributed by atoms with van der Waals surface area (Å²) in [5.41, 5.74) is 1.45. The van der Waals surface area contributed by atoms with Crippen LogP contribution in [0.5, 0.6) is 0 Å². The average Bonchev–Trinajstić information content (AvgIpc) is 1.96. The second kappa shape index (κ2) is 3.93. The Kier molecular flexibility index (Phi) is 3.30. The van der Waals surface area contributed by atoms with Crippen molar-refractivity contribution in [2.24, 2.45) is 11.3 Å². The predicted molar refractivity (Wildman–Crippen MR) is 55.9 cm³/mol. The third-order valence-electron chi connectivity index (χ3n) is 3.06. The smallest absolute Gasteiger partial charge is 0.153 e. The minimum absolute atomic E-state index is 0.178. The Balaban J connectivity index is 2.81. The lowest BCUT2D eigenvalue weighted by Crippen LogP contribution is -2.31. The quantitative estimate of drug-likeness (QED) is 0.552. The molecule has 2 nitrogen and oxygen atoms in total. The number of allylic oxidation sites excluding steroid dienone is 2. The van der Waals surface area contributed by atoms with E-state index in [1.54, 1.807) is 0 Å². The van der Waals surface area contributed by atoms with Gasteiger partial charge < -0.3 is 4.55 Å². The molecule has 3 heteroatoms. The van der Waals surface area contributed by atoms with Crippen molar-refractivity contribution in [3.05, 3.63) is 11.6 Å². The normalized spacial score (nSPS) is 29.5. The van der Waals surface area contributed by atoms with E-state index in [1.807, 2.05) is 0 Å². The van der Waals surface area contributed by atoms with Crippen LogP contribution in [0.3, 0.4) is 0 Å². The van der Waals surface area contributed by atoms with Crippen LogP contribution in [-0.4, -0.2) is 14.5 Å². The Hall–Kier alpha value is -0.150. The van der Waals surface area contributed by atoms with Gasteiger partial charge >= 0.3 is 0 Å². The zero-order valence-electron chi connectivity index (χ0n) is 8.54. The van der Waals surface area contributed by atoms with E-state index in [4.69, 9.17) is 4.55 Å². The molecule has 0 saturated carbocycles. The van der Waals surface area contributed by atoms with Crippen LogP contribution in [0.4, 0.5) is 0 Å². The molecule has 0 amide bonds. The van der Waals surface area contributed by atoms with Crippen molar-refractivity contribution in [1.82, 2.24) is 0 Å². The maximum atomic E-state index is 10.8. The summed E-state index contributed by atoms with van der Waals surface area (Å²) in [5.74, 6) is 0.655. The molecule has 0 bridgehead atoms. The molecule has 0 aromatic heterocycles. The first-order valence-corrected chi connectivity index (χ1v) is 5.95. The van der Waals surface area contributed by atoms with Gasteiger partial charge in [-0.1, -0.05) is 25.5 Å². The van der Waals surface area contributed by atoms with Crippen molar-refractivity contribution in [2.45, 2.75) is 33.6 Å². The van der Waals surface area contributed by atoms with Crippen molar-refractivity contribution in [3.63, 3.8) is 0 Å². The molecule has 1 N–H and O–H groups in total. The van der Waals surface area contributed by atoms with E-state index in [-0.39, 0.29) is 11.3 Å². The summed E-state index contributed by atoms with van der Waals surface area (Å²) in [4.78, 5) is 0. The highest BCUT2D eigenvalue weighted by atomic mass is 32.2. The molecule has 2 unspecified atom stereocenters. The van der Waals surface area contributed by atoms with Gasteiger partial charge in [0.25, 0.3) is 0 Å². The second-order valence-electron chi connectivity index (χ2n) is 4.52. The van der Waals surface area contributed by atoms with E-state index in [2.05, 4.69) is 26.8 Å². The van der Waals surface area contributed by atoms with Gasteiger partial charge in [0.15, 0.2) is 11.1 Å². The van der Waals surface area contributed by atoms with Crippen molar-refractivity contribution < 1.29 is 8.76 Å². The maximum Gasteiger partial charge on any atom is 0.153 e. The number of hydrogen-bond donors (Lipinski definition) is 1. The van der Waals surface area contributed by atoms with Crippen LogP contribution < -0.4 is 0 Å². The topological polar surface area (TPSA) is 37.3 Å². The number of hydrogen-bond acceptors (Lipinski definition) is 1. The Labute approximate surface area is 82.7 Å². The van der Waals surface area contributed by atoms with Gasteiger partial charge in [0, 0.05) is 0 Å². The monoisotopic (exact) mass is 202 g/mol. The van der Waals surface area contributed by atoms with E-state index in [0.717, 1.165) is 12.8 Å². The van der Waals surface area contributed by atoms with Crippen LogP contribution in [0.15, 0.2) is 11.6 Å². The van der Waals surface area contributed by atoms with E-state index in [0.29, 0.717) is 5.75 Å². The summed E-state index contributed by atoms with van der Waals surface area (Å²) in [5, 5.41) is 0. The molecule has 0 heterocycles. The summed E-state index contributed by atoms with van der Waals surface area (Å²) in [7, 11) is 0. The van der Waals surface area contributed by atoms with Gasteiger partial charge in [-0.15, -0.1) is 0 Å². The Morgan fingerprint density at radius 1 is 1.69 bits per heavy atom. The largest absolute Gasteiger partial charge is 0.306 e. The highest BCUT2D eigenvalue weighted by molar-refractivity contribution is 7.79. The summed E-state index contributed by atoms with van der Waals surface area (Å²) < 4.78 is 19.7. The second-order valence-corrected chi connectivity index (χ2v) is 5.49. The van der Waals surface area contributed by atoms with Crippen LogP contribution in [0.25, 0.3) is 0 Å². The van der Waals surface area contributed by atoms with Crippen molar-refractivity contribution >= 4 is 11.1 Å². The first-order valence-electron chi connectivity index (χ1n) is 4.67. The molecule has 1 aliphatic carbocycles. The molecule has 0 aromatic rings. The third kappa shape index (κ3) is 2.64. The lowest BCUT2D eigenvalue weighted by atomic mass is 9.70. The Morgan fingerprint density at radius 3 is 2.77 bits per heavy atom. The molecule has 13 heavy (non-hydrogen) atoms. The van der Waals surface area contributed by atoms with Gasteiger partial charge in [-0.25, -0.2) is 4.21 Å². The van der Waals surface area contributed by atoms with Crippen molar-refractivity contribution in [2.75, 3.05) is 5.75 Å². The average molecular weight is 202 g/mol. The van der Waals surface area contributed by atoms with Crippen LogP contribution >= 0.6 is 0 Å². The summed E-state index contributed by atoms with van der Waals surface area (Å²) in [6.45, 7) is 6.43. The Morgan fingerprint density at radius 2 is 2.31 bits per heavy atom.